The molecule has 4 rings (SSSR count). The van der Waals surface area contributed by atoms with Crippen LogP contribution in [0.5, 0.6) is 0 Å². The fourth-order valence-corrected chi connectivity index (χ4v) is 3.48. The number of fused-ring (bicyclic) bond motifs is 1. The molecule has 2 heterocycles. The molecule has 0 atom stereocenters. The van der Waals surface area contributed by atoms with Crippen LogP contribution in [0.25, 0.3) is 5.52 Å². The highest BCUT2D eigenvalue weighted by Gasteiger charge is 2.19. The predicted molar refractivity (Wildman–Crippen MR) is 111 cm³/mol. The molecule has 0 amide bonds. The molecule has 0 saturated heterocycles. The lowest BCUT2D eigenvalue weighted by Crippen LogP contribution is -2.05. The van der Waals surface area contributed by atoms with Gasteiger partial charge in [-0.2, -0.15) is 5.26 Å². The van der Waals surface area contributed by atoms with E-state index in [-0.39, 0.29) is 11.6 Å². The fraction of sp³-hybridized carbons (Fsp3) is 0.0800. The molecule has 2 aromatic heterocycles. The fourth-order valence-electron chi connectivity index (χ4n) is 3.48. The molecule has 0 spiro atoms. The highest BCUT2D eigenvalue weighted by Crippen LogP contribution is 2.23. The van der Waals surface area contributed by atoms with Crippen LogP contribution in [0.4, 0.5) is 0 Å². The third kappa shape index (κ3) is 3.59. The number of ketones is 2. The molecular formula is C25H18N2O2. The van der Waals surface area contributed by atoms with E-state index in [0.29, 0.717) is 22.4 Å². The second kappa shape index (κ2) is 7.57. The van der Waals surface area contributed by atoms with Crippen molar-refractivity contribution in [3.63, 3.8) is 0 Å². The summed E-state index contributed by atoms with van der Waals surface area (Å²) in [6.07, 6.45) is 2.59. The molecule has 4 nitrogen and oxygen atoms in total. The Morgan fingerprint density at radius 1 is 0.931 bits per heavy atom. The molecule has 0 saturated carbocycles. The van der Waals surface area contributed by atoms with Gasteiger partial charge in [0, 0.05) is 17.3 Å². The maximum atomic E-state index is 13.1. The van der Waals surface area contributed by atoms with E-state index in [1.54, 1.807) is 34.7 Å². The third-order valence-corrected chi connectivity index (χ3v) is 4.98. The third-order valence-electron chi connectivity index (χ3n) is 4.98. The van der Waals surface area contributed by atoms with Gasteiger partial charge in [-0.1, -0.05) is 30.3 Å². The minimum absolute atomic E-state index is 0.0850. The Labute approximate surface area is 168 Å². The summed E-state index contributed by atoms with van der Waals surface area (Å²) >= 11 is 0. The summed E-state index contributed by atoms with van der Waals surface area (Å²) in [4.78, 5) is 25.3. The van der Waals surface area contributed by atoms with E-state index >= 15 is 0 Å². The van der Waals surface area contributed by atoms with Crippen LogP contribution in [-0.2, 0) is 6.42 Å². The van der Waals surface area contributed by atoms with Crippen LogP contribution in [0.3, 0.4) is 0 Å². The van der Waals surface area contributed by atoms with Gasteiger partial charge in [0.1, 0.15) is 0 Å². The van der Waals surface area contributed by atoms with Crippen molar-refractivity contribution in [2.75, 3.05) is 0 Å². The van der Waals surface area contributed by atoms with Gasteiger partial charge in [0.05, 0.1) is 22.8 Å². The Kier molecular flexibility index (Phi) is 4.80. The number of nitriles is 1. The summed E-state index contributed by atoms with van der Waals surface area (Å²) < 4.78 is 1.77. The van der Waals surface area contributed by atoms with E-state index in [4.69, 9.17) is 5.26 Å². The summed E-state index contributed by atoms with van der Waals surface area (Å²) in [6.45, 7) is 1.51. The van der Waals surface area contributed by atoms with Crippen molar-refractivity contribution >= 4 is 17.1 Å². The number of aromatic nitrogens is 1. The Morgan fingerprint density at radius 2 is 1.66 bits per heavy atom. The molecule has 4 aromatic rings. The van der Waals surface area contributed by atoms with Gasteiger partial charge in [0.15, 0.2) is 5.78 Å². The highest BCUT2D eigenvalue weighted by molar-refractivity contribution is 6.12. The quantitative estimate of drug-likeness (QED) is 0.467. The number of carbonyl (C=O) groups is 2. The van der Waals surface area contributed by atoms with Crippen LogP contribution in [0, 0.1) is 11.3 Å². The van der Waals surface area contributed by atoms with Gasteiger partial charge in [0.25, 0.3) is 0 Å². The standard InChI is InChI=1S/C25H18N2O2/c1-17(28)22-15-24(25(29)21-9-7-19(16-26)8-10-21)27-12-11-20(14-23(22)27)13-18-5-3-2-4-6-18/h2-12,14-15H,13H2,1H3. The average molecular weight is 378 g/mol. The molecule has 0 N–H and O–H groups in total. The molecular weight excluding hydrogens is 360 g/mol. The van der Waals surface area contributed by atoms with E-state index < -0.39 is 0 Å². The van der Waals surface area contributed by atoms with E-state index in [1.807, 2.05) is 42.6 Å². The van der Waals surface area contributed by atoms with Crippen molar-refractivity contribution < 1.29 is 9.59 Å². The van der Waals surface area contributed by atoms with Crippen molar-refractivity contribution in [2.24, 2.45) is 0 Å². The lowest BCUT2D eigenvalue weighted by atomic mass is 10.0. The maximum absolute atomic E-state index is 13.1. The van der Waals surface area contributed by atoms with Gasteiger partial charge in [-0.3, -0.25) is 9.59 Å². The number of hydrogen-bond acceptors (Lipinski definition) is 3. The van der Waals surface area contributed by atoms with Gasteiger partial charge < -0.3 is 4.40 Å². The van der Waals surface area contributed by atoms with Crippen molar-refractivity contribution in [2.45, 2.75) is 13.3 Å². The normalized spacial score (nSPS) is 10.6. The van der Waals surface area contributed by atoms with Crippen LogP contribution in [0.2, 0.25) is 0 Å². The van der Waals surface area contributed by atoms with Crippen LogP contribution >= 0.6 is 0 Å². The van der Waals surface area contributed by atoms with Gasteiger partial charge in [-0.05, 0) is 66.9 Å². The highest BCUT2D eigenvalue weighted by atomic mass is 16.1. The monoisotopic (exact) mass is 378 g/mol. The maximum Gasteiger partial charge on any atom is 0.209 e. The zero-order chi connectivity index (χ0) is 20.4. The summed E-state index contributed by atoms with van der Waals surface area (Å²) in [5.74, 6) is -0.272. The number of carbonyl (C=O) groups excluding carboxylic acids is 2. The van der Waals surface area contributed by atoms with Gasteiger partial charge in [-0.15, -0.1) is 0 Å². The Bertz CT molecular complexity index is 1260. The molecule has 0 aliphatic rings. The first kappa shape index (κ1) is 18.4. The number of pyridine rings is 1. The molecule has 0 bridgehead atoms. The zero-order valence-electron chi connectivity index (χ0n) is 15.9. The van der Waals surface area contributed by atoms with Crippen LogP contribution in [0.15, 0.2) is 79.0 Å². The molecule has 0 aliphatic carbocycles. The first-order valence-corrected chi connectivity index (χ1v) is 9.30. The summed E-state index contributed by atoms with van der Waals surface area (Å²) in [7, 11) is 0. The lowest BCUT2D eigenvalue weighted by Gasteiger charge is -2.06. The molecule has 140 valence electrons. The van der Waals surface area contributed by atoms with E-state index in [2.05, 4.69) is 12.1 Å². The molecule has 0 radical (unpaired) electrons. The summed E-state index contributed by atoms with van der Waals surface area (Å²) in [5.41, 5.74) is 4.91. The van der Waals surface area contributed by atoms with Gasteiger partial charge in [-0.25, -0.2) is 0 Å². The molecule has 0 aliphatic heterocycles. The Balaban J connectivity index is 1.78. The van der Waals surface area contributed by atoms with Crippen molar-refractivity contribution in [3.05, 3.63) is 113 Å². The summed E-state index contributed by atoms with van der Waals surface area (Å²) in [5, 5.41) is 8.95. The second-order valence-corrected chi connectivity index (χ2v) is 6.97. The Morgan fingerprint density at radius 3 is 2.31 bits per heavy atom. The minimum Gasteiger partial charge on any atom is -0.313 e. The van der Waals surface area contributed by atoms with E-state index in [0.717, 1.165) is 17.5 Å². The average Bonchev–Trinajstić information content (AvgIpc) is 3.13. The van der Waals surface area contributed by atoms with Crippen molar-refractivity contribution in [1.82, 2.24) is 4.40 Å². The molecule has 0 unspecified atom stereocenters. The number of Topliss-reactive ketones (excluding diaryl/α,β-unsaturated/α-hetero) is 1. The number of rotatable bonds is 5. The van der Waals surface area contributed by atoms with Crippen molar-refractivity contribution in [3.8, 4) is 6.07 Å². The first-order valence-electron chi connectivity index (χ1n) is 9.30. The Hall–Kier alpha value is -3.97. The smallest absolute Gasteiger partial charge is 0.209 e. The summed E-state index contributed by atoms with van der Waals surface area (Å²) in [6, 6.07) is 24.3. The number of nitrogens with zero attached hydrogens (tertiary/aromatic N) is 2. The van der Waals surface area contributed by atoms with Crippen LogP contribution in [0.1, 0.15) is 50.0 Å². The van der Waals surface area contributed by atoms with E-state index in [1.165, 1.54) is 12.5 Å². The largest absolute Gasteiger partial charge is 0.313 e. The zero-order valence-corrected chi connectivity index (χ0v) is 15.9. The lowest BCUT2D eigenvalue weighted by molar-refractivity contribution is 0.101. The van der Waals surface area contributed by atoms with Crippen molar-refractivity contribution in [1.29, 1.82) is 5.26 Å². The van der Waals surface area contributed by atoms with Gasteiger partial charge in [0.2, 0.25) is 5.78 Å². The minimum atomic E-state index is -0.187. The van der Waals surface area contributed by atoms with E-state index in [9.17, 15) is 9.59 Å². The van der Waals surface area contributed by atoms with Gasteiger partial charge >= 0.3 is 0 Å². The van der Waals surface area contributed by atoms with Crippen LogP contribution in [-0.4, -0.2) is 16.0 Å². The topological polar surface area (TPSA) is 62.3 Å². The molecule has 29 heavy (non-hydrogen) atoms. The predicted octanol–water partition coefficient (Wildman–Crippen LogP) is 4.84. The first-order chi connectivity index (χ1) is 14.1. The number of benzene rings is 2. The molecule has 4 heteroatoms. The molecule has 0 fully saturated rings. The SMILES string of the molecule is CC(=O)c1cc(C(=O)c2ccc(C#N)cc2)n2ccc(Cc3ccccc3)cc12. The molecule has 2 aromatic carbocycles. The van der Waals surface area contributed by atoms with Crippen LogP contribution < -0.4 is 0 Å². The number of hydrogen-bond donors (Lipinski definition) is 0. The second-order valence-electron chi connectivity index (χ2n) is 6.97.